The SMILES string of the molecule is O=C(CCC1CCCC1)N1CCN(CCN(Cc2ccc(F)cc2)C(=O)c2cccs2)CC1. The van der Waals surface area contributed by atoms with Gasteiger partial charge in [0.05, 0.1) is 4.88 Å². The van der Waals surface area contributed by atoms with Crippen LogP contribution in [0.25, 0.3) is 0 Å². The van der Waals surface area contributed by atoms with Crippen LogP contribution in [0.15, 0.2) is 41.8 Å². The Bertz CT molecular complexity index is 889. The summed E-state index contributed by atoms with van der Waals surface area (Å²) in [6.45, 7) is 5.03. The first-order chi connectivity index (χ1) is 16.1. The number of nitrogens with zero attached hydrogens (tertiary/aromatic N) is 3. The molecule has 1 aliphatic heterocycles. The second-order valence-electron chi connectivity index (χ2n) is 9.24. The molecule has 1 aromatic carbocycles. The van der Waals surface area contributed by atoms with Gasteiger partial charge in [0.15, 0.2) is 0 Å². The Balaban J connectivity index is 1.26. The molecule has 1 aliphatic carbocycles. The fourth-order valence-electron chi connectivity index (χ4n) is 4.89. The van der Waals surface area contributed by atoms with Crippen molar-refractivity contribution in [1.29, 1.82) is 0 Å². The minimum Gasteiger partial charge on any atom is -0.340 e. The summed E-state index contributed by atoms with van der Waals surface area (Å²) in [4.78, 5) is 32.6. The van der Waals surface area contributed by atoms with E-state index in [9.17, 15) is 14.0 Å². The van der Waals surface area contributed by atoms with E-state index in [0.717, 1.165) is 55.5 Å². The number of piperazine rings is 1. The fraction of sp³-hybridized carbons (Fsp3) is 0.538. The van der Waals surface area contributed by atoms with Gasteiger partial charge < -0.3 is 9.80 Å². The van der Waals surface area contributed by atoms with Crippen LogP contribution < -0.4 is 0 Å². The van der Waals surface area contributed by atoms with Crippen LogP contribution in [-0.2, 0) is 11.3 Å². The smallest absolute Gasteiger partial charge is 0.264 e. The Morgan fingerprint density at radius 1 is 1.03 bits per heavy atom. The maximum absolute atomic E-state index is 13.3. The minimum absolute atomic E-state index is 0.00931. The van der Waals surface area contributed by atoms with E-state index in [2.05, 4.69) is 4.90 Å². The summed E-state index contributed by atoms with van der Waals surface area (Å²) in [7, 11) is 0. The van der Waals surface area contributed by atoms with Crippen LogP contribution >= 0.6 is 11.3 Å². The average Bonchev–Trinajstić information content (AvgIpc) is 3.56. The lowest BCUT2D eigenvalue weighted by molar-refractivity contribution is -0.133. The lowest BCUT2D eigenvalue weighted by Gasteiger charge is -2.36. The van der Waals surface area contributed by atoms with Gasteiger partial charge in [0.2, 0.25) is 5.91 Å². The number of benzene rings is 1. The van der Waals surface area contributed by atoms with Crippen LogP contribution in [-0.4, -0.2) is 65.8 Å². The minimum atomic E-state index is -0.273. The molecule has 0 spiro atoms. The van der Waals surface area contributed by atoms with Crippen molar-refractivity contribution in [1.82, 2.24) is 14.7 Å². The molecule has 7 heteroatoms. The van der Waals surface area contributed by atoms with E-state index in [1.54, 1.807) is 12.1 Å². The third kappa shape index (κ3) is 6.87. The van der Waals surface area contributed by atoms with Crippen molar-refractivity contribution < 1.29 is 14.0 Å². The van der Waals surface area contributed by atoms with Crippen molar-refractivity contribution in [2.75, 3.05) is 39.3 Å². The lowest BCUT2D eigenvalue weighted by Crippen LogP contribution is -2.50. The number of carbonyl (C=O) groups excluding carboxylic acids is 2. The summed E-state index contributed by atoms with van der Waals surface area (Å²) in [5.41, 5.74) is 0.916. The Morgan fingerprint density at radius 2 is 1.76 bits per heavy atom. The summed E-state index contributed by atoms with van der Waals surface area (Å²) in [5, 5.41) is 1.91. The summed E-state index contributed by atoms with van der Waals surface area (Å²) in [5.74, 6) is 0.788. The van der Waals surface area contributed by atoms with E-state index in [0.29, 0.717) is 25.4 Å². The average molecular weight is 472 g/mol. The molecule has 2 fully saturated rings. The molecular formula is C26H34FN3O2S. The molecule has 1 aromatic heterocycles. The normalized spacial score (nSPS) is 17.4. The third-order valence-corrected chi connectivity index (χ3v) is 7.82. The zero-order chi connectivity index (χ0) is 23.0. The monoisotopic (exact) mass is 471 g/mol. The summed E-state index contributed by atoms with van der Waals surface area (Å²) >= 11 is 1.44. The molecule has 33 heavy (non-hydrogen) atoms. The van der Waals surface area contributed by atoms with Gasteiger partial charge in [0, 0.05) is 52.2 Å². The van der Waals surface area contributed by atoms with E-state index >= 15 is 0 Å². The van der Waals surface area contributed by atoms with Crippen molar-refractivity contribution in [2.24, 2.45) is 5.92 Å². The topological polar surface area (TPSA) is 43.9 Å². The van der Waals surface area contributed by atoms with Gasteiger partial charge in [-0.15, -0.1) is 11.3 Å². The van der Waals surface area contributed by atoms with Crippen LogP contribution in [0.3, 0.4) is 0 Å². The summed E-state index contributed by atoms with van der Waals surface area (Å²) in [6.07, 6.45) is 6.96. The number of hydrogen-bond donors (Lipinski definition) is 0. The molecule has 0 N–H and O–H groups in total. The quantitative estimate of drug-likeness (QED) is 0.535. The van der Waals surface area contributed by atoms with Crippen LogP contribution in [0.4, 0.5) is 4.39 Å². The highest BCUT2D eigenvalue weighted by Gasteiger charge is 2.24. The van der Waals surface area contributed by atoms with Gasteiger partial charge in [-0.2, -0.15) is 0 Å². The van der Waals surface area contributed by atoms with Gasteiger partial charge in [-0.1, -0.05) is 43.9 Å². The zero-order valence-electron chi connectivity index (χ0n) is 19.3. The van der Waals surface area contributed by atoms with Crippen LogP contribution in [0.5, 0.6) is 0 Å². The van der Waals surface area contributed by atoms with Gasteiger partial charge in [-0.3, -0.25) is 14.5 Å². The number of amides is 2. The standard InChI is InChI=1S/C26H34FN3O2S/c27-23-10-7-22(8-11-23)20-30(26(32)24-6-3-19-33-24)18-15-28-13-16-29(17-14-28)25(31)12-9-21-4-1-2-5-21/h3,6-8,10-11,19,21H,1-2,4-5,9,12-18,20H2. The first kappa shape index (κ1) is 23.9. The highest BCUT2D eigenvalue weighted by atomic mass is 32.1. The molecule has 0 atom stereocenters. The number of rotatable bonds is 9. The highest BCUT2D eigenvalue weighted by Crippen LogP contribution is 2.28. The maximum Gasteiger partial charge on any atom is 0.264 e. The Morgan fingerprint density at radius 3 is 2.42 bits per heavy atom. The number of thiophene rings is 1. The summed E-state index contributed by atoms with van der Waals surface area (Å²) < 4.78 is 13.3. The van der Waals surface area contributed by atoms with Gasteiger partial charge in [0.1, 0.15) is 5.82 Å². The van der Waals surface area contributed by atoms with E-state index in [-0.39, 0.29) is 11.7 Å². The van der Waals surface area contributed by atoms with Crippen LogP contribution in [0.1, 0.15) is 53.8 Å². The maximum atomic E-state index is 13.3. The van der Waals surface area contributed by atoms with Crippen molar-refractivity contribution in [2.45, 2.75) is 45.1 Å². The Kier molecular flexibility index (Phi) is 8.51. The number of halogens is 1. The van der Waals surface area contributed by atoms with Gasteiger partial charge in [0.25, 0.3) is 5.91 Å². The molecule has 2 heterocycles. The molecule has 2 aromatic rings. The van der Waals surface area contributed by atoms with Crippen LogP contribution in [0, 0.1) is 11.7 Å². The number of carbonyl (C=O) groups is 2. The van der Waals surface area contributed by atoms with Gasteiger partial charge in [-0.05, 0) is 41.5 Å². The second kappa shape index (κ2) is 11.7. The Hall–Kier alpha value is -2.25. The van der Waals surface area contributed by atoms with E-state index in [4.69, 9.17) is 0 Å². The predicted molar refractivity (Wildman–Crippen MR) is 130 cm³/mol. The number of hydrogen-bond acceptors (Lipinski definition) is 4. The molecule has 0 bridgehead atoms. The van der Waals surface area contributed by atoms with Crippen molar-refractivity contribution in [3.8, 4) is 0 Å². The lowest BCUT2D eigenvalue weighted by atomic mass is 10.0. The highest BCUT2D eigenvalue weighted by molar-refractivity contribution is 7.12. The zero-order valence-corrected chi connectivity index (χ0v) is 20.1. The molecule has 2 aliphatic rings. The first-order valence-electron chi connectivity index (χ1n) is 12.2. The van der Waals surface area contributed by atoms with Crippen molar-refractivity contribution in [3.63, 3.8) is 0 Å². The Labute approximate surface area is 200 Å². The molecule has 0 unspecified atom stereocenters. The van der Waals surface area contributed by atoms with E-state index in [1.807, 2.05) is 27.3 Å². The molecular weight excluding hydrogens is 437 g/mol. The van der Waals surface area contributed by atoms with Crippen LogP contribution in [0.2, 0.25) is 0 Å². The fourth-order valence-corrected chi connectivity index (χ4v) is 5.58. The molecule has 1 saturated heterocycles. The van der Waals surface area contributed by atoms with Crippen molar-refractivity contribution >= 4 is 23.2 Å². The van der Waals surface area contributed by atoms with E-state index < -0.39 is 0 Å². The predicted octanol–water partition coefficient (Wildman–Crippen LogP) is 4.64. The van der Waals surface area contributed by atoms with Gasteiger partial charge in [-0.25, -0.2) is 4.39 Å². The first-order valence-corrected chi connectivity index (χ1v) is 13.0. The second-order valence-corrected chi connectivity index (χ2v) is 10.2. The molecule has 0 radical (unpaired) electrons. The molecule has 178 valence electrons. The molecule has 1 saturated carbocycles. The van der Waals surface area contributed by atoms with Gasteiger partial charge >= 0.3 is 0 Å². The summed E-state index contributed by atoms with van der Waals surface area (Å²) in [6, 6.07) is 10.1. The molecule has 5 nitrogen and oxygen atoms in total. The largest absolute Gasteiger partial charge is 0.340 e. The third-order valence-electron chi connectivity index (χ3n) is 6.96. The molecule has 2 amide bonds. The van der Waals surface area contributed by atoms with E-state index in [1.165, 1.54) is 49.2 Å². The molecule has 4 rings (SSSR count). The van der Waals surface area contributed by atoms with Crippen molar-refractivity contribution in [3.05, 3.63) is 58.0 Å².